The molecular weight excluding hydrogens is 370 g/mol. The molecule has 1 aliphatic rings. The zero-order chi connectivity index (χ0) is 13.8. The summed E-state index contributed by atoms with van der Waals surface area (Å²) in [5, 5.41) is 15.0. The molecule has 1 aromatic carbocycles. The molecule has 0 bridgehead atoms. The summed E-state index contributed by atoms with van der Waals surface area (Å²) in [6, 6.07) is 6.86. The molecule has 2 unspecified atom stereocenters. The van der Waals surface area contributed by atoms with Crippen LogP contribution in [0.3, 0.4) is 0 Å². The molecule has 2 atom stereocenters. The molecule has 0 aliphatic heterocycles. The first kappa shape index (κ1) is 16.7. The van der Waals surface area contributed by atoms with Crippen molar-refractivity contribution in [2.24, 2.45) is 10.9 Å². The summed E-state index contributed by atoms with van der Waals surface area (Å²) in [4.78, 5) is 4.10. The highest BCUT2D eigenvalue weighted by atomic mass is 127. The van der Waals surface area contributed by atoms with Gasteiger partial charge < -0.3 is 10.6 Å². The first-order valence-corrected chi connectivity index (χ1v) is 6.29. The zero-order valence-electron chi connectivity index (χ0n) is 11.5. The van der Waals surface area contributed by atoms with E-state index in [1.165, 1.54) is 6.07 Å². The van der Waals surface area contributed by atoms with E-state index < -0.39 is 0 Å². The summed E-state index contributed by atoms with van der Waals surface area (Å²) in [5.41, 5.74) is 0.848. The monoisotopic (exact) mass is 388 g/mol. The number of aliphatic imine (C=N–C) groups is 1. The Morgan fingerprint density at radius 3 is 2.75 bits per heavy atom. The topological polar surface area (TPSA) is 60.2 Å². The first-order valence-electron chi connectivity index (χ1n) is 6.29. The van der Waals surface area contributed by atoms with Crippen LogP contribution in [0.15, 0.2) is 23.2 Å². The van der Waals surface area contributed by atoms with Gasteiger partial charge in [-0.05, 0) is 24.5 Å². The van der Waals surface area contributed by atoms with Crippen LogP contribution < -0.4 is 10.6 Å². The highest BCUT2D eigenvalue weighted by Gasteiger charge is 2.33. The maximum atomic E-state index is 13.7. The van der Waals surface area contributed by atoms with E-state index in [1.807, 2.05) is 6.07 Å². The van der Waals surface area contributed by atoms with Gasteiger partial charge in [0.05, 0.1) is 11.6 Å². The Kier molecular flexibility index (Phi) is 6.20. The van der Waals surface area contributed by atoms with Crippen LogP contribution in [0.2, 0.25) is 0 Å². The van der Waals surface area contributed by atoms with Gasteiger partial charge in [-0.25, -0.2) is 4.39 Å². The minimum atomic E-state index is -0.373. The quantitative estimate of drug-likeness (QED) is 0.475. The van der Waals surface area contributed by atoms with E-state index in [0.717, 1.165) is 6.42 Å². The predicted octanol–water partition coefficient (Wildman–Crippen LogP) is 2.39. The average Bonchev–Trinajstić information content (AvgIpc) is 3.11. The number of halogens is 2. The van der Waals surface area contributed by atoms with Crippen LogP contribution >= 0.6 is 24.0 Å². The lowest BCUT2D eigenvalue weighted by Crippen LogP contribution is -2.38. The van der Waals surface area contributed by atoms with Crippen LogP contribution in [0.4, 0.5) is 4.39 Å². The molecule has 1 aromatic rings. The Hall–Kier alpha value is -1.36. The van der Waals surface area contributed by atoms with Crippen LogP contribution in [0.5, 0.6) is 0 Å². The molecule has 6 heteroatoms. The minimum absolute atomic E-state index is 0. The molecule has 0 amide bonds. The van der Waals surface area contributed by atoms with Gasteiger partial charge in [-0.15, -0.1) is 24.0 Å². The van der Waals surface area contributed by atoms with Crippen molar-refractivity contribution in [1.29, 1.82) is 5.26 Å². The van der Waals surface area contributed by atoms with Gasteiger partial charge in [-0.2, -0.15) is 5.26 Å². The summed E-state index contributed by atoms with van der Waals surface area (Å²) in [6.07, 6.45) is 1.14. The zero-order valence-corrected chi connectivity index (χ0v) is 13.8. The molecule has 4 nitrogen and oxygen atoms in total. The molecule has 20 heavy (non-hydrogen) atoms. The van der Waals surface area contributed by atoms with Crippen LogP contribution in [0, 0.1) is 23.1 Å². The van der Waals surface area contributed by atoms with Crippen LogP contribution in [-0.4, -0.2) is 19.0 Å². The van der Waals surface area contributed by atoms with Crippen molar-refractivity contribution >= 4 is 29.9 Å². The smallest absolute Gasteiger partial charge is 0.191 e. The SMILES string of the molecule is CN=C(NCc1ccc(C#N)cc1F)NC1CC1C.I. The number of hydrogen-bond acceptors (Lipinski definition) is 2. The molecule has 0 aromatic heterocycles. The maximum Gasteiger partial charge on any atom is 0.191 e. The van der Waals surface area contributed by atoms with Crippen molar-refractivity contribution in [2.45, 2.75) is 25.9 Å². The van der Waals surface area contributed by atoms with Gasteiger partial charge in [0.15, 0.2) is 5.96 Å². The van der Waals surface area contributed by atoms with E-state index in [2.05, 4.69) is 22.5 Å². The molecule has 0 radical (unpaired) electrons. The summed E-state index contributed by atoms with van der Waals surface area (Å²) < 4.78 is 13.7. The highest BCUT2D eigenvalue weighted by Crippen LogP contribution is 2.28. The van der Waals surface area contributed by atoms with Gasteiger partial charge in [0, 0.05) is 25.2 Å². The summed E-state index contributed by atoms with van der Waals surface area (Å²) in [7, 11) is 1.69. The Balaban J connectivity index is 0.00000200. The Labute approximate surface area is 135 Å². The number of benzene rings is 1. The second kappa shape index (κ2) is 7.43. The second-order valence-electron chi connectivity index (χ2n) is 4.81. The van der Waals surface area contributed by atoms with Gasteiger partial charge in [-0.1, -0.05) is 13.0 Å². The minimum Gasteiger partial charge on any atom is -0.353 e. The van der Waals surface area contributed by atoms with E-state index in [4.69, 9.17) is 5.26 Å². The lowest BCUT2D eigenvalue weighted by atomic mass is 10.1. The van der Waals surface area contributed by atoms with Crippen molar-refractivity contribution in [2.75, 3.05) is 7.05 Å². The summed E-state index contributed by atoms with van der Waals surface area (Å²) in [5.74, 6) is 0.977. The molecule has 1 saturated carbocycles. The van der Waals surface area contributed by atoms with Crippen molar-refractivity contribution in [1.82, 2.24) is 10.6 Å². The van der Waals surface area contributed by atoms with E-state index >= 15 is 0 Å². The normalized spacial score (nSPS) is 20.6. The van der Waals surface area contributed by atoms with Gasteiger partial charge in [0.1, 0.15) is 5.82 Å². The van der Waals surface area contributed by atoms with E-state index in [1.54, 1.807) is 19.2 Å². The fourth-order valence-corrected chi connectivity index (χ4v) is 1.83. The molecule has 0 saturated heterocycles. The Morgan fingerprint density at radius 1 is 1.55 bits per heavy atom. The number of nitrogens with one attached hydrogen (secondary N) is 2. The average molecular weight is 388 g/mol. The van der Waals surface area contributed by atoms with Gasteiger partial charge >= 0.3 is 0 Å². The predicted molar refractivity (Wildman–Crippen MR) is 87.4 cm³/mol. The van der Waals surface area contributed by atoms with Crippen molar-refractivity contribution in [3.63, 3.8) is 0 Å². The van der Waals surface area contributed by atoms with Crippen LogP contribution in [0.1, 0.15) is 24.5 Å². The molecule has 0 spiro atoms. The standard InChI is InChI=1S/C14H17FN4.HI/c1-9-5-13(9)19-14(17-2)18-8-11-4-3-10(7-16)6-12(11)15;/h3-4,6,9,13H,5,8H2,1-2H3,(H2,17,18,19);1H. The molecule has 108 valence electrons. The number of nitrogens with zero attached hydrogens (tertiary/aromatic N) is 2. The van der Waals surface area contributed by atoms with Crippen molar-refractivity contribution in [3.05, 3.63) is 35.1 Å². The molecule has 2 N–H and O–H groups in total. The third-order valence-electron chi connectivity index (χ3n) is 3.28. The van der Waals surface area contributed by atoms with E-state index in [9.17, 15) is 4.39 Å². The fraction of sp³-hybridized carbons (Fsp3) is 0.429. The number of rotatable bonds is 3. The molecule has 0 heterocycles. The summed E-state index contributed by atoms with van der Waals surface area (Å²) in [6.45, 7) is 2.52. The molecular formula is C14H18FIN4. The number of guanidine groups is 1. The van der Waals surface area contributed by atoms with E-state index in [-0.39, 0.29) is 29.8 Å². The first-order chi connectivity index (χ1) is 9.13. The third kappa shape index (κ3) is 4.34. The summed E-state index contributed by atoms with van der Waals surface area (Å²) >= 11 is 0. The van der Waals surface area contributed by atoms with Crippen LogP contribution in [-0.2, 0) is 6.54 Å². The second-order valence-corrected chi connectivity index (χ2v) is 4.81. The van der Waals surface area contributed by atoms with Gasteiger partial charge in [0.25, 0.3) is 0 Å². The molecule has 1 fully saturated rings. The van der Waals surface area contributed by atoms with Gasteiger partial charge in [0.2, 0.25) is 0 Å². The molecule has 1 aliphatic carbocycles. The lowest BCUT2D eigenvalue weighted by Gasteiger charge is -2.12. The van der Waals surface area contributed by atoms with Crippen molar-refractivity contribution < 1.29 is 4.39 Å². The Morgan fingerprint density at radius 2 is 2.25 bits per heavy atom. The van der Waals surface area contributed by atoms with Crippen LogP contribution in [0.25, 0.3) is 0 Å². The number of hydrogen-bond donors (Lipinski definition) is 2. The lowest BCUT2D eigenvalue weighted by molar-refractivity contribution is 0.604. The molecule has 2 rings (SSSR count). The number of nitriles is 1. The fourth-order valence-electron chi connectivity index (χ4n) is 1.83. The Bertz CT molecular complexity index is 538. The van der Waals surface area contributed by atoms with E-state index in [0.29, 0.717) is 35.6 Å². The van der Waals surface area contributed by atoms with Gasteiger partial charge in [-0.3, -0.25) is 4.99 Å². The third-order valence-corrected chi connectivity index (χ3v) is 3.28. The highest BCUT2D eigenvalue weighted by molar-refractivity contribution is 14.0. The largest absolute Gasteiger partial charge is 0.353 e. The maximum absolute atomic E-state index is 13.7. The van der Waals surface area contributed by atoms with Crippen molar-refractivity contribution in [3.8, 4) is 6.07 Å².